The highest BCUT2D eigenvalue weighted by atomic mass is 79.9. The number of fused-ring (bicyclic) bond motifs is 1. The Morgan fingerprint density at radius 3 is 2.57 bits per heavy atom. The van der Waals surface area contributed by atoms with Crippen molar-refractivity contribution in [1.29, 1.82) is 0 Å². The first kappa shape index (κ1) is 24.7. The molecule has 37 heavy (non-hydrogen) atoms. The Hall–Kier alpha value is -3.97. The number of amides is 1. The fourth-order valence-electron chi connectivity index (χ4n) is 4.28. The van der Waals surface area contributed by atoms with E-state index in [0.717, 1.165) is 38.1 Å². The van der Waals surface area contributed by atoms with Crippen LogP contribution < -0.4 is 10.2 Å². The van der Waals surface area contributed by atoms with Crippen LogP contribution in [0.25, 0.3) is 22.3 Å². The predicted molar refractivity (Wildman–Crippen MR) is 150 cm³/mol. The molecule has 186 valence electrons. The second-order valence-corrected chi connectivity index (χ2v) is 9.76. The van der Waals surface area contributed by atoms with Crippen LogP contribution in [0.5, 0.6) is 0 Å². The molecular weight excluding hydrogens is 528 g/mol. The number of hydrogen-bond acceptors (Lipinski definition) is 5. The van der Waals surface area contributed by atoms with Gasteiger partial charge in [0.2, 0.25) is 5.91 Å². The van der Waals surface area contributed by atoms with Crippen molar-refractivity contribution in [1.82, 2.24) is 15.3 Å². The Balaban J connectivity index is 1.45. The lowest BCUT2D eigenvalue weighted by Gasteiger charge is -2.25. The van der Waals surface area contributed by atoms with E-state index in [-0.39, 0.29) is 11.9 Å². The van der Waals surface area contributed by atoms with Crippen molar-refractivity contribution in [3.63, 3.8) is 0 Å². The van der Waals surface area contributed by atoms with Gasteiger partial charge in [0, 0.05) is 28.4 Å². The van der Waals surface area contributed by atoms with E-state index in [0.29, 0.717) is 25.3 Å². The molecule has 0 bridgehead atoms. The van der Waals surface area contributed by atoms with Gasteiger partial charge in [0.05, 0.1) is 24.4 Å². The zero-order chi connectivity index (χ0) is 25.6. The van der Waals surface area contributed by atoms with E-state index >= 15 is 0 Å². The molecule has 7 heteroatoms. The molecule has 5 aromatic rings. The third kappa shape index (κ3) is 6.06. The molecule has 0 fully saturated rings. The first-order valence-electron chi connectivity index (χ1n) is 12.2. The molecule has 1 atom stereocenters. The van der Waals surface area contributed by atoms with Crippen LogP contribution in [0.3, 0.4) is 0 Å². The molecule has 1 N–H and O–H groups in total. The SMILES string of the molecule is CC(NC(=O)CCN(Cc1ccco1)c1nc(-c2cccc(Br)c2)nc2ccccc12)c1ccccc1. The number of nitrogens with one attached hydrogen (secondary N) is 1. The lowest BCUT2D eigenvalue weighted by molar-refractivity contribution is -0.121. The number of aromatic nitrogens is 2. The smallest absolute Gasteiger partial charge is 0.222 e. The number of benzene rings is 3. The highest BCUT2D eigenvalue weighted by Gasteiger charge is 2.19. The normalized spacial score (nSPS) is 11.8. The largest absolute Gasteiger partial charge is 0.467 e. The van der Waals surface area contributed by atoms with Crippen molar-refractivity contribution in [3.8, 4) is 11.4 Å². The zero-order valence-corrected chi connectivity index (χ0v) is 22.1. The monoisotopic (exact) mass is 554 g/mol. The zero-order valence-electron chi connectivity index (χ0n) is 20.5. The van der Waals surface area contributed by atoms with Crippen LogP contribution in [-0.2, 0) is 11.3 Å². The summed E-state index contributed by atoms with van der Waals surface area (Å²) < 4.78 is 6.62. The molecule has 0 radical (unpaired) electrons. The summed E-state index contributed by atoms with van der Waals surface area (Å²) in [6, 6.07) is 29.6. The Bertz CT molecular complexity index is 1490. The highest BCUT2D eigenvalue weighted by molar-refractivity contribution is 9.10. The number of carbonyl (C=O) groups is 1. The fraction of sp³-hybridized carbons (Fsp3) is 0.167. The van der Waals surface area contributed by atoms with Crippen molar-refractivity contribution in [3.05, 3.63) is 113 Å². The summed E-state index contributed by atoms with van der Waals surface area (Å²) in [5.41, 5.74) is 2.83. The van der Waals surface area contributed by atoms with Crippen molar-refractivity contribution >= 4 is 38.6 Å². The molecule has 0 spiro atoms. The molecule has 0 aliphatic carbocycles. The van der Waals surface area contributed by atoms with E-state index in [1.54, 1.807) is 6.26 Å². The average molecular weight is 555 g/mol. The number of halogens is 1. The maximum atomic E-state index is 13.0. The lowest BCUT2D eigenvalue weighted by atomic mass is 10.1. The minimum atomic E-state index is -0.0739. The van der Waals surface area contributed by atoms with Crippen LogP contribution in [0.15, 0.2) is 106 Å². The molecule has 5 rings (SSSR count). The molecular formula is C30H27BrN4O2. The summed E-state index contributed by atoms with van der Waals surface area (Å²) in [5, 5.41) is 4.04. The molecule has 2 aromatic heterocycles. The summed E-state index contributed by atoms with van der Waals surface area (Å²) in [5.74, 6) is 2.17. The van der Waals surface area contributed by atoms with Gasteiger partial charge in [0.25, 0.3) is 0 Å². The number of anilines is 1. The van der Waals surface area contributed by atoms with Crippen molar-refractivity contribution < 1.29 is 9.21 Å². The topological polar surface area (TPSA) is 71.3 Å². The first-order valence-corrected chi connectivity index (χ1v) is 13.0. The maximum absolute atomic E-state index is 13.0. The number of carbonyl (C=O) groups excluding carboxylic acids is 1. The Kier molecular flexibility index (Phi) is 7.61. The molecule has 2 heterocycles. The third-order valence-corrected chi connectivity index (χ3v) is 6.67. The fourth-order valence-corrected chi connectivity index (χ4v) is 4.68. The van der Waals surface area contributed by atoms with Gasteiger partial charge in [-0.05, 0) is 48.9 Å². The van der Waals surface area contributed by atoms with E-state index in [1.165, 1.54) is 0 Å². The molecule has 6 nitrogen and oxygen atoms in total. The minimum Gasteiger partial charge on any atom is -0.467 e. The van der Waals surface area contributed by atoms with Crippen LogP contribution in [0.1, 0.15) is 30.7 Å². The second-order valence-electron chi connectivity index (χ2n) is 8.85. The van der Waals surface area contributed by atoms with Gasteiger partial charge in [-0.2, -0.15) is 0 Å². The number of furan rings is 1. The van der Waals surface area contributed by atoms with Crippen LogP contribution in [0.2, 0.25) is 0 Å². The van der Waals surface area contributed by atoms with Crippen molar-refractivity contribution in [2.75, 3.05) is 11.4 Å². The van der Waals surface area contributed by atoms with Gasteiger partial charge in [-0.15, -0.1) is 0 Å². The summed E-state index contributed by atoms with van der Waals surface area (Å²) in [6.45, 7) is 2.94. The van der Waals surface area contributed by atoms with Crippen LogP contribution >= 0.6 is 15.9 Å². The number of nitrogens with zero attached hydrogens (tertiary/aromatic N) is 3. The van der Waals surface area contributed by atoms with Gasteiger partial charge in [-0.25, -0.2) is 9.97 Å². The third-order valence-electron chi connectivity index (χ3n) is 6.18. The van der Waals surface area contributed by atoms with E-state index in [2.05, 4.69) is 26.1 Å². The quantitative estimate of drug-likeness (QED) is 0.214. The van der Waals surface area contributed by atoms with Gasteiger partial charge < -0.3 is 14.6 Å². The average Bonchev–Trinajstić information content (AvgIpc) is 3.44. The summed E-state index contributed by atoms with van der Waals surface area (Å²) >= 11 is 3.55. The molecule has 0 saturated carbocycles. The van der Waals surface area contributed by atoms with Crippen LogP contribution in [0.4, 0.5) is 5.82 Å². The summed E-state index contributed by atoms with van der Waals surface area (Å²) in [7, 11) is 0. The number of para-hydroxylation sites is 1. The second kappa shape index (κ2) is 11.4. The molecule has 1 amide bonds. The van der Waals surface area contributed by atoms with Gasteiger partial charge in [0.1, 0.15) is 11.6 Å². The summed E-state index contributed by atoms with van der Waals surface area (Å²) in [4.78, 5) is 24.9. The Morgan fingerprint density at radius 1 is 0.973 bits per heavy atom. The van der Waals surface area contributed by atoms with E-state index < -0.39 is 0 Å². The Labute approximate surface area is 224 Å². The number of hydrogen-bond donors (Lipinski definition) is 1. The van der Waals surface area contributed by atoms with Crippen LogP contribution in [-0.4, -0.2) is 22.4 Å². The first-order chi connectivity index (χ1) is 18.1. The highest BCUT2D eigenvalue weighted by Crippen LogP contribution is 2.30. The van der Waals surface area contributed by atoms with E-state index in [9.17, 15) is 4.79 Å². The predicted octanol–water partition coefficient (Wildman–Crippen LogP) is 6.93. The molecule has 0 aliphatic rings. The van der Waals surface area contributed by atoms with E-state index in [1.807, 2.05) is 97.9 Å². The summed E-state index contributed by atoms with van der Waals surface area (Å²) in [6.07, 6.45) is 1.97. The molecule has 0 aliphatic heterocycles. The molecule has 0 saturated heterocycles. The van der Waals surface area contributed by atoms with Crippen molar-refractivity contribution in [2.24, 2.45) is 0 Å². The lowest BCUT2D eigenvalue weighted by Crippen LogP contribution is -2.32. The molecule has 3 aromatic carbocycles. The van der Waals surface area contributed by atoms with Gasteiger partial charge in [0.15, 0.2) is 5.82 Å². The van der Waals surface area contributed by atoms with E-state index in [4.69, 9.17) is 14.4 Å². The standard InChI is InChI=1S/C30H27BrN4O2/c1-21(22-9-3-2-4-10-22)32-28(36)16-17-35(20-25-13-8-18-37-25)30-26-14-5-6-15-27(26)33-29(34-30)23-11-7-12-24(31)19-23/h2-15,18-19,21H,16-17,20H2,1H3,(H,32,36). The van der Waals surface area contributed by atoms with Gasteiger partial charge >= 0.3 is 0 Å². The van der Waals surface area contributed by atoms with Gasteiger partial charge in [-0.1, -0.05) is 70.5 Å². The Morgan fingerprint density at radius 2 is 1.78 bits per heavy atom. The molecule has 1 unspecified atom stereocenters. The van der Waals surface area contributed by atoms with Gasteiger partial charge in [-0.3, -0.25) is 4.79 Å². The number of rotatable bonds is 9. The minimum absolute atomic E-state index is 0.0219. The van der Waals surface area contributed by atoms with Crippen LogP contribution in [0, 0.1) is 0 Å². The van der Waals surface area contributed by atoms with Crippen molar-refractivity contribution in [2.45, 2.75) is 25.9 Å². The maximum Gasteiger partial charge on any atom is 0.222 e.